The monoisotopic (exact) mass is 348 g/mol. The molecule has 0 aliphatic carbocycles. The lowest BCUT2D eigenvalue weighted by molar-refractivity contribution is -0.384. The molecule has 0 amide bonds. The van der Waals surface area contributed by atoms with Gasteiger partial charge in [-0.25, -0.2) is 9.97 Å². The van der Waals surface area contributed by atoms with Crippen molar-refractivity contribution in [2.45, 2.75) is 25.7 Å². The molecule has 1 fully saturated rings. The van der Waals surface area contributed by atoms with Gasteiger partial charge in [0.25, 0.3) is 5.69 Å². The number of nitro benzene ring substituents is 1. The molecular formula is C20H20N4O2. The number of non-ortho nitro benzene ring substituents is 1. The summed E-state index contributed by atoms with van der Waals surface area (Å²) in [6.45, 7) is 1.96. The zero-order chi connectivity index (χ0) is 17.9. The Morgan fingerprint density at radius 1 is 0.923 bits per heavy atom. The molecule has 0 unspecified atom stereocenters. The third-order valence-electron chi connectivity index (χ3n) is 4.80. The number of aromatic nitrogens is 2. The van der Waals surface area contributed by atoms with Crippen LogP contribution in [0.2, 0.25) is 0 Å². The lowest BCUT2D eigenvalue weighted by Gasteiger charge is -2.23. The minimum Gasteiger partial charge on any atom is -0.356 e. The Kier molecular flexibility index (Phi) is 4.48. The van der Waals surface area contributed by atoms with E-state index in [9.17, 15) is 10.1 Å². The maximum absolute atomic E-state index is 11.1. The number of hydrogen-bond donors (Lipinski definition) is 0. The highest BCUT2D eigenvalue weighted by Gasteiger charge is 2.17. The van der Waals surface area contributed by atoms with Crippen molar-refractivity contribution in [1.82, 2.24) is 9.97 Å². The molecule has 6 heteroatoms. The fraction of sp³-hybridized carbons (Fsp3) is 0.300. The first-order chi connectivity index (χ1) is 12.7. The average Bonchev–Trinajstić information content (AvgIpc) is 2.96. The maximum atomic E-state index is 11.1. The Labute approximate surface area is 151 Å². The minimum atomic E-state index is -0.389. The van der Waals surface area contributed by atoms with Crippen molar-refractivity contribution in [3.63, 3.8) is 0 Å². The van der Waals surface area contributed by atoms with Crippen molar-refractivity contribution >= 4 is 22.4 Å². The molecule has 3 aromatic rings. The Bertz CT molecular complexity index is 949. The van der Waals surface area contributed by atoms with E-state index in [1.54, 1.807) is 6.07 Å². The summed E-state index contributed by atoms with van der Waals surface area (Å²) in [5, 5.41) is 12.1. The highest BCUT2D eigenvalue weighted by Crippen LogP contribution is 2.30. The number of rotatable bonds is 3. The van der Waals surface area contributed by atoms with Crippen LogP contribution in [0, 0.1) is 10.1 Å². The zero-order valence-electron chi connectivity index (χ0n) is 14.5. The summed E-state index contributed by atoms with van der Waals surface area (Å²) in [5.41, 5.74) is 1.58. The van der Waals surface area contributed by atoms with Gasteiger partial charge < -0.3 is 4.90 Å². The highest BCUT2D eigenvalue weighted by molar-refractivity contribution is 5.91. The third kappa shape index (κ3) is 3.22. The minimum absolute atomic E-state index is 0.0515. The van der Waals surface area contributed by atoms with E-state index in [4.69, 9.17) is 4.98 Å². The number of nitrogens with zero attached hydrogens (tertiary/aromatic N) is 4. The zero-order valence-corrected chi connectivity index (χ0v) is 14.5. The molecule has 0 radical (unpaired) electrons. The summed E-state index contributed by atoms with van der Waals surface area (Å²) in [5.74, 6) is 1.46. The number of para-hydroxylation sites is 1. The van der Waals surface area contributed by atoms with Crippen molar-refractivity contribution < 1.29 is 4.92 Å². The highest BCUT2D eigenvalue weighted by atomic mass is 16.6. The molecule has 2 aromatic carbocycles. The van der Waals surface area contributed by atoms with Crippen molar-refractivity contribution in [3.05, 3.63) is 58.6 Å². The number of nitro groups is 1. The van der Waals surface area contributed by atoms with Gasteiger partial charge in [0.05, 0.1) is 10.4 Å². The molecule has 1 aromatic heterocycles. The van der Waals surface area contributed by atoms with Crippen LogP contribution >= 0.6 is 0 Å². The average molecular weight is 348 g/mol. The second-order valence-electron chi connectivity index (χ2n) is 6.60. The van der Waals surface area contributed by atoms with Crippen LogP contribution in [0.3, 0.4) is 0 Å². The normalized spacial score (nSPS) is 15.0. The van der Waals surface area contributed by atoms with Gasteiger partial charge in [-0.1, -0.05) is 37.1 Å². The number of anilines is 1. The quantitative estimate of drug-likeness (QED) is 0.511. The molecule has 26 heavy (non-hydrogen) atoms. The fourth-order valence-electron chi connectivity index (χ4n) is 3.47. The van der Waals surface area contributed by atoms with Gasteiger partial charge in [0.1, 0.15) is 5.82 Å². The smallest absolute Gasteiger partial charge is 0.270 e. The van der Waals surface area contributed by atoms with E-state index in [0.717, 1.165) is 42.7 Å². The summed E-state index contributed by atoms with van der Waals surface area (Å²) in [4.78, 5) is 22.5. The number of benzene rings is 2. The van der Waals surface area contributed by atoms with Crippen LogP contribution in [0.1, 0.15) is 25.7 Å². The Morgan fingerprint density at radius 3 is 2.46 bits per heavy atom. The molecule has 1 saturated heterocycles. The summed E-state index contributed by atoms with van der Waals surface area (Å²) in [6.07, 6.45) is 4.81. The Balaban J connectivity index is 1.86. The van der Waals surface area contributed by atoms with Crippen LogP contribution in [0.25, 0.3) is 22.3 Å². The first kappa shape index (κ1) is 16.4. The lowest BCUT2D eigenvalue weighted by Crippen LogP contribution is -2.25. The number of fused-ring (bicyclic) bond motifs is 1. The topological polar surface area (TPSA) is 72.2 Å². The molecule has 1 aliphatic rings. The van der Waals surface area contributed by atoms with Crippen LogP contribution in [0.5, 0.6) is 0 Å². The van der Waals surface area contributed by atoms with Gasteiger partial charge in [-0.05, 0) is 25.0 Å². The third-order valence-corrected chi connectivity index (χ3v) is 4.80. The molecule has 0 spiro atoms. The molecule has 132 valence electrons. The second-order valence-corrected chi connectivity index (χ2v) is 6.60. The molecule has 0 N–H and O–H groups in total. The predicted molar refractivity (Wildman–Crippen MR) is 102 cm³/mol. The van der Waals surface area contributed by atoms with Crippen molar-refractivity contribution in [1.29, 1.82) is 0 Å². The predicted octanol–water partition coefficient (Wildman–Crippen LogP) is 4.59. The van der Waals surface area contributed by atoms with Gasteiger partial charge in [-0.3, -0.25) is 10.1 Å². The van der Waals surface area contributed by atoms with Crippen molar-refractivity contribution in [3.8, 4) is 11.4 Å². The van der Waals surface area contributed by atoms with Crippen LogP contribution < -0.4 is 4.90 Å². The molecule has 1 aliphatic heterocycles. The summed E-state index contributed by atoms with van der Waals surface area (Å²) in [6, 6.07) is 14.5. The van der Waals surface area contributed by atoms with Crippen LogP contribution in [-0.2, 0) is 0 Å². The number of hydrogen-bond acceptors (Lipinski definition) is 5. The van der Waals surface area contributed by atoms with E-state index in [1.165, 1.54) is 25.0 Å². The Hall–Kier alpha value is -3.02. The largest absolute Gasteiger partial charge is 0.356 e. The SMILES string of the molecule is O=[N+]([O-])c1cccc(-c2nc(N3CCCCCC3)c3ccccc3n2)c1. The van der Waals surface area contributed by atoms with Crippen LogP contribution in [0.4, 0.5) is 11.5 Å². The molecule has 0 bridgehead atoms. The molecule has 0 saturated carbocycles. The summed E-state index contributed by atoms with van der Waals surface area (Å²) in [7, 11) is 0. The van der Waals surface area contributed by atoms with E-state index < -0.39 is 0 Å². The standard InChI is InChI=1S/C20H20N4O2/c25-24(26)16-9-7-8-15(14-16)19-21-18-11-4-3-10-17(18)20(22-19)23-12-5-1-2-6-13-23/h3-4,7-11,14H,1-2,5-6,12-13H2. The maximum Gasteiger partial charge on any atom is 0.270 e. The van der Waals surface area contributed by atoms with E-state index in [-0.39, 0.29) is 10.6 Å². The lowest BCUT2D eigenvalue weighted by atomic mass is 10.1. The van der Waals surface area contributed by atoms with Gasteiger partial charge in [0.15, 0.2) is 5.82 Å². The molecule has 6 nitrogen and oxygen atoms in total. The fourth-order valence-corrected chi connectivity index (χ4v) is 3.47. The van der Waals surface area contributed by atoms with Crippen molar-refractivity contribution in [2.24, 2.45) is 0 Å². The first-order valence-electron chi connectivity index (χ1n) is 8.99. The van der Waals surface area contributed by atoms with E-state index >= 15 is 0 Å². The summed E-state index contributed by atoms with van der Waals surface area (Å²) >= 11 is 0. The van der Waals surface area contributed by atoms with Crippen molar-refractivity contribution in [2.75, 3.05) is 18.0 Å². The van der Waals surface area contributed by atoms with E-state index in [2.05, 4.69) is 9.88 Å². The molecule has 0 atom stereocenters. The van der Waals surface area contributed by atoms with Gasteiger partial charge in [-0.15, -0.1) is 0 Å². The summed E-state index contributed by atoms with van der Waals surface area (Å²) < 4.78 is 0. The van der Waals surface area contributed by atoms with E-state index in [0.29, 0.717) is 11.4 Å². The van der Waals surface area contributed by atoms with Crippen LogP contribution in [0.15, 0.2) is 48.5 Å². The molecular weight excluding hydrogens is 328 g/mol. The van der Waals surface area contributed by atoms with Gasteiger partial charge >= 0.3 is 0 Å². The van der Waals surface area contributed by atoms with Crippen LogP contribution in [-0.4, -0.2) is 28.0 Å². The van der Waals surface area contributed by atoms with Gasteiger partial charge in [0, 0.05) is 36.2 Å². The Morgan fingerprint density at radius 2 is 1.69 bits per heavy atom. The van der Waals surface area contributed by atoms with Gasteiger partial charge in [0.2, 0.25) is 0 Å². The molecule has 4 rings (SSSR count). The second kappa shape index (κ2) is 7.07. The van der Waals surface area contributed by atoms with E-state index in [1.807, 2.05) is 30.3 Å². The first-order valence-corrected chi connectivity index (χ1v) is 8.99. The van der Waals surface area contributed by atoms with Gasteiger partial charge in [-0.2, -0.15) is 0 Å². The molecule has 2 heterocycles.